The average molecular weight is 380 g/mol. The maximum Gasteiger partial charge on any atom is 0.340 e. The molecule has 3 aromatic carbocycles. The van der Waals surface area contributed by atoms with Crippen molar-refractivity contribution in [3.05, 3.63) is 60.2 Å². The Morgan fingerprint density at radius 3 is 2.14 bits per heavy atom. The minimum atomic E-state index is -0.665. The van der Waals surface area contributed by atoms with Crippen molar-refractivity contribution < 1.29 is 23.8 Å². The number of fused-ring (bicyclic) bond motifs is 1. The van der Waals surface area contributed by atoms with Crippen LogP contribution in [-0.2, 0) is 9.53 Å². The first kappa shape index (κ1) is 19.0. The monoisotopic (exact) mass is 380 g/mol. The van der Waals surface area contributed by atoms with Crippen molar-refractivity contribution >= 4 is 34.0 Å². The SMILES string of the molecule is COc1cc(NC(=O)COC(=O)c2cc3ccccc3cc2N)cc(OC)c1. The van der Waals surface area contributed by atoms with Crippen molar-refractivity contribution in [2.45, 2.75) is 0 Å². The average Bonchev–Trinajstić information content (AvgIpc) is 2.71. The molecule has 0 saturated carbocycles. The summed E-state index contributed by atoms with van der Waals surface area (Å²) in [6.45, 7) is -0.454. The standard InChI is InChI=1S/C21H20N2O5/c1-26-16-9-15(10-17(11-16)27-2)23-20(24)12-28-21(25)18-7-13-5-3-4-6-14(13)8-19(18)22/h3-11H,12,22H2,1-2H3,(H,23,24). The van der Waals surface area contributed by atoms with Gasteiger partial charge in [-0.05, 0) is 22.9 Å². The molecule has 0 aromatic heterocycles. The lowest BCUT2D eigenvalue weighted by Crippen LogP contribution is -2.21. The van der Waals surface area contributed by atoms with E-state index in [0.717, 1.165) is 10.8 Å². The number of rotatable bonds is 6. The van der Waals surface area contributed by atoms with Gasteiger partial charge in [-0.25, -0.2) is 4.79 Å². The fourth-order valence-corrected chi connectivity index (χ4v) is 2.72. The molecule has 0 aliphatic rings. The Bertz CT molecular complexity index is 1010. The largest absolute Gasteiger partial charge is 0.497 e. The van der Waals surface area contributed by atoms with E-state index >= 15 is 0 Å². The smallest absolute Gasteiger partial charge is 0.340 e. The van der Waals surface area contributed by atoms with Gasteiger partial charge in [-0.3, -0.25) is 4.79 Å². The highest BCUT2D eigenvalue weighted by molar-refractivity contribution is 6.02. The Morgan fingerprint density at radius 1 is 0.929 bits per heavy atom. The highest BCUT2D eigenvalue weighted by Gasteiger charge is 2.15. The molecule has 144 valence electrons. The fraction of sp³-hybridized carbons (Fsp3) is 0.143. The maximum atomic E-state index is 12.3. The number of esters is 1. The van der Waals surface area contributed by atoms with Gasteiger partial charge in [-0.2, -0.15) is 0 Å². The van der Waals surface area contributed by atoms with E-state index in [4.69, 9.17) is 19.9 Å². The quantitative estimate of drug-likeness (QED) is 0.503. The molecule has 0 spiro atoms. The number of ether oxygens (including phenoxy) is 3. The van der Waals surface area contributed by atoms with Crippen LogP contribution in [0, 0.1) is 0 Å². The van der Waals surface area contributed by atoms with Crippen LogP contribution in [0.1, 0.15) is 10.4 Å². The molecule has 3 rings (SSSR count). The molecule has 0 unspecified atom stereocenters. The number of anilines is 2. The molecule has 1 amide bonds. The summed E-state index contributed by atoms with van der Waals surface area (Å²) < 4.78 is 15.4. The molecule has 0 atom stereocenters. The summed E-state index contributed by atoms with van der Waals surface area (Å²) in [5.74, 6) is -0.115. The molecule has 0 saturated heterocycles. The molecule has 3 N–H and O–H groups in total. The molecule has 7 heteroatoms. The van der Waals surface area contributed by atoms with Gasteiger partial charge in [0.05, 0.1) is 19.8 Å². The van der Waals surface area contributed by atoms with Crippen LogP contribution in [0.25, 0.3) is 10.8 Å². The van der Waals surface area contributed by atoms with Crippen LogP contribution in [0.3, 0.4) is 0 Å². The van der Waals surface area contributed by atoms with E-state index in [-0.39, 0.29) is 5.56 Å². The number of nitrogen functional groups attached to an aromatic ring is 1. The summed E-state index contributed by atoms with van der Waals surface area (Å²) in [5, 5.41) is 4.41. The number of carbonyl (C=O) groups excluding carboxylic acids is 2. The molecule has 0 radical (unpaired) electrons. The molecule has 7 nitrogen and oxygen atoms in total. The highest BCUT2D eigenvalue weighted by atomic mass is 16.5. The molecular weight excluding hydrogens is 360 g/mol. The van der Waals surface area contributed by atoms with Crippen molar-refractivity contribution in [3.63, 3.8) is 0 Å². The molecule has 28 heavy (non-hydrogen) atoms. The first-order chi connectivity index (χ1) is 13.5. The van der Waals surface area contributed by atoms with Crippen molar-refractivity contribution in [2.24, 2.45) is 0 Å². The Kier molecular flexibility index (Phi) is 5.64. The van der Waals surface area contributed by atoms with Crippen LogP contribution in [-0.4, -0.2) is 32.7 Å². The maximum absolute atomic E-state index is 12.3. The van der Waals surface area contributed by atoms with Crippen LogP contribution in [0.2, 0.25) is 0 Å². The number of carbonyl (C=O) groups is 2. The summed E-state index contributed by atoms with van der Waals surface area (Å²) >= 11 is 0. The Morgan fingerprint density at radius 2 is 1.54 bits per heavy atom. The van der Waals surface area contributed by atoms with Gasteiger partial charge in [-0.15, -0.1) is 0 Å². The number of benzene rings is 3. The molecule has 0 aliphatic heterocycles. The zero-order chi connectivity index (χ0) is 20.1. The van der Waals surface area contributed by atoms with Gasteiger partial charge in [0.15, 0.2) is 6.61 Å². The van der Waals surface area contributed by atoms with Gasteiger partial charge in [0.25, 0.3) is 5.91 Å². The second kappa shape index (κ2) is 8.30. The molecule has 0 fully saturated rings. The van der Waals surface area contributed by atoms with E-state index in [1.807, 2.05) is 24.3 Å². The van der Waals surface area contributed by atoms with Gasteiger partial charge in [-0.1, -0.05) is 24.3 Å². The van der Waals surface area contributed by atoms with Gasteiger partial charge in [0, 0.05) is 29.6 Å². The summed E-state index contributed by atoms with van der Waals surface area (Å²) in [4.78, 5) is 24.5. The third kappa shape index (κ3) is 4.32. The lowest BCUT2D eigenvalue weighted by molar-refractivity contribution is -0.119. The number of nitrogens with one attached hydrogen (secondary N) is 1. The normalized spacial score (nSPS) is 10.4. The number of amides is 1. The molecule has 0 heterocycles. The van der Waals surface area contributed by atoms with Crippen molar-refractivity contribution in [2.75, 3.05) is 31.9 Å². The van der Waals surface area contributed by atoms with Crippen molar-refractivity contribution in [1.82, 2.24) is 0 Å². The number of hydrogen-bond donors (Lipinski definition) is 2. The molecule has 3 aromatic rings. The first-order valence-electron chi connectivity index (χ1n) is 8.48. The van der Waals surface area contributed by atoms with Crippen LogP contribution in [0.15, 0.2) is 54.6 Å². The van der Waals surface area contributed by atoms with E-state index in [2.05, 4.69) is 5.32 Å². The molecular formula is C21H20N2O5. The Hall–Kier alpha value is -3.74. The van der Waals surface area contributed by atoms with Crippen molar-refractivity contribution in [1.29, 1.82) is 0 Å². The third-order valence-electron chi connectivity index (χ3n) is 4.11. The minimum absolute atomic E-state index is 0.217. The van der Waals surface area contributed by atoms with Gasteiger partial charge in [0.2, 0.25) is 0 Å². The lowest BCUT2D eigenvalue weighted by Gasteiger charge is -2.11. The minimum Gasteiger partial charge on any atom is -0.497 e. The predicted molar refractivity (Wildman–Crippen MR) is 107 cm³/mol. The van der Waals surface area contributed by atoms with Gasteiger partial charge >= 0.3 is 5.97 Å². The fourth-order valence-electron chi connectivity index (χ4n) is 2.72. The van der Waals surface area contributed by atoms with E-state index in [0.29, 0.717) is 22.9 Å². The number of methoxy groups -OCH3 is 2. The van der Waals surface area contributed by atoms with E-state index in [1.54, 1.807) is 30.3 Å². The van der Waals surface area contributed by atoms with Crippen LogP contribution in [0.5, 0.6) is 11.5 Å². The number of hydrogen-bond acceptors (Lipinski definition) is 6. The third-order valence-corrected chi connectivity index (χ3v) is 4.11. The first-order valence-corrected chi connectivity index (χ1v) is 8.48. The van der Waals surface area contributed by atoms with Gasteiger partial charge in [0.1, 0.15) is 11.5 Å². The van der Waals surface area contributed by atoms with Crippen molar-refractivity contribution in [3.8, 4) is 11.5 Å². The Balaban J connectivity index is 1.66. The second-order valence-electron chi connectivity index (χ2n) is 6.01. The van der Waals surface area contributed by atoms with Gasteiger partial charge < -0.3 is 25.3 Å². The van der Waals surface area contributed by atoms with E-state index in [1.165, 1.54) is 14.2 Å². The van der Waals surface area contributed by atoms with E-state index in [9.17, 15) is 9.59 Å². The molecule has 0 aliphatic carbocycles. The number of nitrogens with two attached hydrogens (primary N) is 1. The van der Waals surface area contributed by atoms with Crippen LogP contribution >= 0.6 is 0 Å². The molecule has 0 bridgehead atoms. The second-order valence-corrected chi connectivity index (χ2v) is 6.01. The zero-order valence-corrected chi connectivity index (χ0v) is 15.5. The zero-order valence-electron chi connectivity index (χ0n) is 15.5. The van der Waals surface area contributed by atoms with Crippen LogP contribution < -0.4 is 20.5 Å². The highest BCUT2D eigenvalue weighted by Crippen LogP contribution is 2.26. The predicted octanol–water partition coefficient (Wildman–Crippen LogP) is 3.23. The topological polar surface area (TPSA) is 99.9 Å². The summed E-state index contributed by atoms with van der Waals surface area (Å²) in [6, 6.07) is 15.8. The van der Waals surface area contributed by atoms with E-state index < -0.39 is 18.5 Å². The Labute approximate surface area is 162 Å². The summed E-state index contributed by atoms with van der Waals surface area (Å²) in [7, 11) is 3.02. The van der Waals surface area contributed by atoms with Crippen LogP contribution in [0.4, 0.5) is 11.4 Å². The summed E-state index contributed by atoms with van der Waals surface area (Å²) in [6.07, 6.45) is 0. The lowest BCUT2D eigenvalue weighted by atomic mass is 10.1. The summed E-state index contributed by atoms with van der Waals surface area (Å²) in [5.41, 5.74) is 6.92.